The van der Waals surface area contributed by atoms with Gasteiger partial charge in [-0.1, -0.05) is 50.0 Å². The van der Waals surface area contributed by atoms with Gasteiger partial charge in [0, 0.05) is 5.41 Å². The number of hydrogen-bond acceptors (Lipinski definition) is 1. The molecule has 0 saturated heterocycles. The largest absolute Gasteiger partial charge is 0.433 e. The Labute approximate surface area is 195 Å². The van der Waals surface area contributed by atoms with Crippen molar-refractivity contribution in [3.63, 3.8) is 0 Å². The highest BCUT2D eigenvalue weighted by Crippen LogP contribution is 2.46. The van der Waals surface area contributed by atoms with E-state index in [-0.39, 0.29) is 5.41 Å². The van der Waals surface area contributed by atoms with Crippen molar-refractivity contribution in [2.75, 3.05) is 0 Å². The molecule has 0 aromatic carbocycles. The van der Waals surface area contributed by atoms with E-state index in [0.717, 1.165) is 55.1 Å². The minimum atomic E-state index is -3.11. The first-order valence-corrected chi connectivity index (χ1v) is 12.9. The summed E-state index contributed by atoms with van der Waals surface area (Å²) in [5, 5.41) is 0. The molecule has 0 bridgehead atoms. The van der Waals surface area contributed by atoms with Gasteiger partial charge in [0.25, 0.3) is 0 Å². The topological polar surface area (TPSA) is 9.23 Å². The van der Waals surface area contributed by atoms with Crippen LogP contribution in [0.4, 0.5) is 8.78 Å². The summed E-state index contributed by atoms with van der Waals surface area (Å²) < 4.78 is 35.9. The second-order valence-electron chi connectivity index (χ2n) is 11.4. The van der Waals surface area contributed by atoms with Crippen LogP contribution in [0.1, 0.15) is 98.3 Å². The minimum Gasteiger partial charge on any atom is -0.433 e. The van der Waals surface area contributed by atoms with Crippen LogP contribution in [-0.2, 0) is 4.74 Å². The van der Waals surface area contributed by atoms with Gasteiger partial charge in [-0.25, -0.2) is 0 Å². The summed E-state index contributed by atoms with van der Waals surface area (Å²) in [6.45, 7) is 12.5. The van der Waals surface area contributed by atoms with E-state index in [1.807, 2.05) is 26.0 Å². The molecule has 2 fully saturated rings. The zero-order valence-electron chi connectivity index (χ0n) is 20.8. The van der Waals surface area contributed by atoms with E-state index < -0.39 is 12.0 Å². The summed E-state index contributed by atoms with van der Waals surface area (Å²) in [6.07, 6.45) is 15.6. The van der Waals surface area contributed by atoms with E-state index in [0.29, 0.717) is 24.5 Å². The molecule has 3 rings (SSSR count). The van der Waals surface area contributed by atoms with Crippen molar-refractivity contribution < 1.29 is 13.5 Å². The van der Waals surface area contributed by atoms with E-state index in [4.69, 9.17) is 4.74 Å². The fraction of sp³-hybridized carbons (Fsp3) is 0.724. The molecule has 1 unspecified atom stereocenters. The Hall–Kier alpha value is -1.38. The van der Waals surface area contributed by atoms with Crippen LogP contribution in [0.25, 0.3) is 0 Å². The van der Waals surface area contributed by atoms with Crippen molar-refractivity contribution in [1.29, 1.82) is 0 Å². The van der Waals surface area contributed by atoms with Gasteiger partial charge in [-0.3, -0.25) is 0 Å². The van der Waals surface area contributed by atoms with Crippen molar-refractivity contribution in [2.24, 2.45) is 29.1 Å². The van der Waals surface area contributed by atoms with Gasteiger partial charge in [-0.15, -0.1) is 6.58 Å². The number of rotatable bonds is 8. The maximum Gasteiger partial charge on any atom is 0.400 e. The molecule has 1 nitrogen and oxygen atoms in total. The monoisotopic (exact) mass is 446 g/mol. The fourth-order valence-electron chi connectivity index (χ4n) is 6.10. The highest BCUT2D eigenvalue weighted by Gasteiger charge is 2.45. The number of alkyl halides is 2. The maximum atomic E-state index is 15.2. The van der Waals surface area contributed by atoms with Crippen molar-refractivity contribution >= 4 is 0 Å². The SMILES string of the molecule is C=C(C)CCCC1(C)C=C(C)C=CC(OC(F)(F)C2CCC(C3CCC(C)CC3)CC2)=C1. The molecule has 0 radical (unpaired) electrons. The van der Waals surface area contributed by atoms with E-state index in [2.05, 4.69) is 26.5 Å². The van der Waals surface area contributed by atoms with Crippen LogP contribution in [0.15, 0.2) is 47.8 Å². The van der Waals surface area contributed by atoms with Crippen LogP contribution in [-0.4, -0.2) is 6.11 Å². The average Bonchev–Trinajstić information content (AvgIpc) is 2.85. The molecular formula is C29H44F2O. The molecule has 0 heterocycles. The first kappa shape index (κ1) is 25.2. The smallest absolute Gasteiger partial charge is 0.400 e. The Kier molecular flexibility index (Phi) is 8.44. The van der Waals surface area contributed by atoms with Crippen LogP contribution in [0.2, 0.25) is 0 Å². The summed E-state index contributed by atoms with van der Waals surface area (Å²) in [4.78, 5) is 0. The highest BCUT2D eigenvalue weighted by atomic mass is 19.3. The molecule has 0 aliphatic heterocycles. The predicted molar refractivity (Wildman–Crippen MR) is 130 cm³/mol. The quantitative estimate of drug-likeness (QED) is 0.337. The third kappa shape index (κ3) is 7.06. The zero-order valence-corrected chi connectivity index (χ0v) is 20.8. The molecule has 3 aliphatic rings. The maximum absolute atomic E-state index is 15.2. The molecule has 0 spiro atoms. The molecule has 0 aromatic heterocycles. The van der Waals surface area contributed by atoms with Gasteiger partial charge in [0.05, 0.1) is 5.92 Å². The second-order valence-corrected chi connectivity index (χ2v) is 11.4. The minimum absolute atomic E-state index is 0.287. The Balaban J connectivity index is 1.59. The predicted octanol–water partition coefficient (Wildman–Crippen LogP) is 9.38. The summed E-state index contributed by atoms with van der Waals surface area (Å²) in [6, 6.07) is 0. The van der Waals surface area contributed by atoms with Crippen molar-refractivity contribution in [2.45, 2.75) is 104 Å². The lowest BCUT2D eigenvalue weighted by molar-refractivity contribution is -0.254. The van der Waals surface area contributed by atoms with Gasteiger partial charge in [-0.2, -0.15) is 8.78 Å². The molecule has 0 N–H and O–H groups in total. The number of hydrogen-bond donors (Lipinski definition) is 0. The van der Waals surface area contributed by atoms with Crippen LogP contribution < -0.4 is 0 Å². The Morgan fingerprint density at radius 2 is 1.62 bits per heavy atom. The van der Waals surface area contributed by atoms with Crippen LogP contribution in [0.5, 0.6) is 0 Å². The van der Waals surface area contributed by atoms with Crippen LogP contribution in [0.3, 0.4) is 0 Å². The van der Waals surface area contributed by atoms with Gasteiger partial charge in [0.15, 0.2) is 0 Å². The molecule has 3 heteroatoms. The summed E-state index contributed by atoms with van der Waals surface area (Å²) in [5.41, 5.74) is 1.96. The van der Waals surface area contributed by atoms with Crippen LogP contribution in [0, 0.1) is 29.1 Å². The molecular weight excluding hydrogens is 402 g/mol. The summed E-state index contributed by atoms with van der Waals surface area (Å²) in [5.74, 6) is 1.86. The molecule has 180 valence electrons. The van der Waals surface area contributed by atoms with Gasteiger partial charge in [0.1, 0.15) is 5.76 Å². The van der Waals surface area contributed by atoms with Gasteiger partial charge < -0.3 is 4.74 Å². The van der Waals surface area contributed by atoms with Gasteiger partial charge >= 0.3 is 6.11 Å². The third-order valence-corrected chi connectivity index (χ3v) is 8.09. The molecule has 32 heavy (non-hydrogen) atoms. The lowest BCUT2D eigenvalue weighted by Gasteiger charge is -2.39. The molecule has 3 aliphatic carbocycles. The van der Waals surface area contributed by atoms with Gasteiger partial charge in [0.2, 0.25) is 0 Å². The highest BCUT2D eigenvalue weighted by molar-refractivity contribution is 5.33. The Morgan fingerprint density at radius 3 is 2.22 bits per heavy atom. The average molecular weight is 447 g/mol. The summed E-state index contributed by atoms with van der Waals surface area (Å²) in [7, 11) is 0. The zero-order chi connectivity index (χ0) is 23.4. The normalized spacial score (nSPS) is 33.8. The van der Waals surface area contributed by atoms with E-state index in [1.165, 1.54) is 25.7 Å². The first-order valence-electron chi connectivity index (χ1n) is 12.9. The first-order chi connectivity index (χ1) is 15.1. The Bertz CT molecular complexity index is 730. The molecule has 0 aromatic rings. The third-order valence-electron chi connectivity index (χ3n) is 8.09. The van der Waals surface area contributed by atoms with Crippen molar-refractivity contribution in [3.05, 3.63) is 47.8 Å². The van der Waals surface area contributed by atoms with E-state index in [9.17, 15) is 0 Å². The number of allylic oxidation sites excluding steroid dienone is 6. The van der Waals surface area contributed by atoms with Crippen molar-refractivity contribution in [1.82, 2.24) is 0 Å². The summed E-state index contributed by atoms with van der Waals surface area (Å²) >= 11 is 0. The Morgan fingerprint density at radius 1 is 1.03 bits per heavy atom. The molecule has 0 amide bonds. The molecule has 2 saturated carbocycles. The van der Waals surface area contributed by atoms with Crippen molar-refractivity contribution in [3.8, 4) is 0 Å². The number of ether oxygens (including phenoxy) is 1. The van der Waals surface area contributed by atoms with E-state index >= 15 is 8.78 Å². The van der Waals surface area contributed by atoms with Crippen LogP contribution >= 0.6 is 0 Å². The lowest BCUT2D eigenvalue weighted by atomic mass is 9.69. The lowest BCUT2D eigenvalue weighted by Crippen LogP contribution is -2.36. The van der Waals surface area contributed by atoms with Gasteiger partial charge in [-0.05, 0) is 102 Å². The van der Waals surface area contributed by atoms with E-state index in [1.54, 1.807) is 6.08 Å². The standard InChI is InChI=1S/C29H44F2O/c1-21(2)7-6-18-28(5)19-23(4)10-17-27(20-28)32-29(30,31)26-15-13-25(14-16-26)24-11-8-22(3)9-12-24/h10,17,19-20,22,24-26H,1,6-9,11-16,18H2,2-5H3. The second kappa shape index (κ2) is 10.7. The fourth-order valence-corrected chi connectivity index (χ4v) is 6.10. The molecule has 1 atom stereocenters. The number of halogens is 2.